The van der Waals surface area contributed by atoms with Gasteiger partial charge in [-0.15, -0.1) is 0 Å². The number of hydrogen-bond donors (Lipinski definition) is 3. The van der Waals surface area contributed by atoms with Gasteiger partial charge in [-0.25, -0.2) is 10.8 Å². The van der Waals surface area contributed by atoms with Gasteiger partial charge in [-0.3, -0.25) is 9.99 Å². The molecule has 0 bridgehead atoms. The topological polar surface area (TPSA) is 132 Å². The average molecular weight is 284 g/mol. The summed E-state index contributed by atoms with van der Waals surface area (Å²) < 4.78 is 1.65. The SMILES string of the molecule is NNc1nc(NCc2cccnn2)nc(-n2ccnc2)n1. The van der Waals surface area contributed by atoms with Crippen molar-refractivity contribution in [3.05, 3.63) is 42.7 Å². The zero-order chi connectivity index (χ0) is 14.5. The van der Waals surface area contributed by atoms with E-state index in [0.29, 0.717) is 18.4 Å². The Morgan fingerprint density at radius 3 is 2.76 bits per heavy atom. The second kappa shape index (κ2) is 5.88. The van der Waals surface area contributed by atoms with Crippen LogP contribution in [-0.2, 0) is 6.54 Å². The van der Waals surface area contributed by atoms with Crippen molar-refractivity contribution < 1.29 is 0 Å². The molecule has 0 aliphatic heterocycles. The van der Waals surface area contributed by atoms with Crippen LogP contribution in [0.3, 0.4) is 0 Å². The lowest BCUT2D eigenvalue weighted by Crippen LogP contribution is -2.15. The molecule has 0 aromatic carbocycles. The van der Waals surface area contributed by atoms with Gasteiger partial charge in [-0.05, 0) is 12.1 Å². The third kappa shape index (κ3) is 3.06. The third-order valence-corrected chi connectivity index (χ3v) is 2.54. The second-order valence-corrected chi connectivity index (χ2v) is 3.97. The molecule has 10 heteroatoms. The highest BCUT2D eigenvalue weighted by Crippen LogP contribution is 2.09. The van der Waals surface area contributed by atoms with Gasteiger partial charge < -0.3 is 5.32 Å². The van der Waals surface area contributed by atoms with Crippen molar-refractivity contribution in [2.75, 3.05) is 10.7 Å². The molecule has 0 saturated carbocycles. The largest absolute Gasteiger partial charge is 0.348 e. The third-order valence-electron chi connectivity index (χ3n) is 2.54. The minimum atomic E-state index is 0.246. The molecule has 0 atom stereocenters. The van der Waals surface area contributed by atoms with Gasteiger partial charge in [0.25, 0.3) is 0 Å². The molecular formula is C11H12N10. The highest BCUT2D eigenvalue weighted by atomic mass is 15.4. The molecule has 3 aromatic heterocycles. The lowest BCUT2D eigenvalue weighted by atomic mass is 10.4. The molecule has 0 aliphatic rings. The lowest BCUT2D eigenvalue weighted by Gasteiger charge is -2.08. The van der Waals surface area contributed by atoms with Gasteiger partial charge in [-0.1, -0.05) is 0 Å². The molecule has 3 rings (SSSR count). The fraction of sp³-hybridized carbons (Fsp3) is 0.0909. The molecular weight excluding hydrogens is 272 g/mol. The quantitative estimate of drug-likeness (QED) is 0.428. The highest BCUT2D eigenvalue weighted by Gasteiger charge is 2.07. The first-order valence-corrected chi connectivity index (χ1v) is 6.06. The standard InChI is InChI=1S/C11H12N10/c12-19-10-16-9(14-6-8-2-1-3-15-20-8)17-11(18-10)21-5-4-13-7-21/h1-5,7H,6,12H2,(H2,14,16,17,18,19). The fourth-order valence-corrected chi connectivity index (χ4v) is 1.60. The Labute approximate surface area is 119 Å². The van der Waals surface area contributed by atoms with E-state index in [4.69, 9.17) is 5.84 Å². The van der Waals surface area contributed by atoms with Crippen molar-refractivity contribution in [3.63, 3.8) is 0 Å². The van der Waals surface area contributed by atoms with Gasteiger partial charge >= 0.3 is 0 Å². The normalized spacial score (nSPS) is 10.3. The smallest absolute Gasteiger partial charge is 0.243 e. The number of hydrazine groups is 1. The Bertz CT molecular complexity index is 696. The maximum Gasteiger partial charge on any atom is 0.243 e. The molecule has 0 spiro atoms. The first-order valence-electron chi connectivity index (χ1n) is 6.06. The van der Waals surface area contributed by atoms with E-state index in [1.54, 1.807) is 35.6 Å². The van der Waals surface area contributed by atoms with E-state index in [1.165, 1.54) is 0 Å². The summed E-state index contributed by atoms with van der Waals surface area (Å²) in [6.07, 6.45) is 6.55. The Balaban J connectivity index is 1.83. The summed E-state index contributed by atoms with van der Waals surface area (Å²) in [4.78, 5) is 16.5. The van der Waals surface area contributed by atoms with Crippen molar-refractivity contribution >= 4 is 11.9 Å². The summed E-state index contributed by atoms with van der Waals surface area (Å²) in [5, 5.41) is 10.8. The molecule has 3 heterocycles. The van der Waals surface area contributed by atoms with Gasteiger partial charge in [0.1, 0.15) is 6.33 Å². The van der Waals surface area contributed by atoms with Gasteiger partial charge in [0.15, 0.2) is 0 Å². The van der Waals surface area contributed by atoms with Crippen LogP contribution in [0, 0.1) is 0 Å². The van der Waals surface area contributed by atoms with Crippen LogP contribution >= 0.6 is 0 Å². The Morgan fingerprint density at radius 2 is 2.05 bits per heavy atom. The van der Waals surface area contributed by atoms with Crippen LogP contribution in [0.15, 0.2) is 37.1 Å². The number of rotatable bonds is 5. The number of nitrogen functional groups attached to an aromatic ring is 1. The van der Waals surface area contributed by atoms with Crippen LogP contribution in [0.1, 0.15) is 5.69 Å². The summed E-state index contributed by atoms with van der Waals surface area (Å²) in [5.74, 6) is 6.38. The Hall–Kier alpha value is -3.14. The zero-order valence-electron chi connectivity index (χ0n) is 10.9. The van der Waals surface area contributed by atoms with Crippen molar-refractivity contribution in [1.29, 1.82) is 0 Å². The summed E-state index contributed by atoms with van der Waals surface area (Å²) in [5.41, 5.74) is 3.17. The number of imidazole rings is 1. The summed E-state index contributed by atoms with van der Waals surface area (Å²) >= 11 is 0. The Kier molecular flexibility index (Phi) is 3.60. The van der Waals surface area contributed by atoms with E-state index >= 15 is 0 Å². The predicted molar refractivity (Wildman–Crippen MR) is 74.1 cm³/mol. The van der Waals surface area contributed by atoms with Crippen LogP contribution in [0.2, 0.25) is 0 Å². The Morgan fingerprint density at radius 1 is 1.14 bits per heavy atom. The number of nitrogens with one attached hydrogen (secondary N) is 2. The molecule has 0 fully saturated rings. The minimum absolute atomic E-state index is 0.246. The van der Waals surface area contributed by atoms with E-state index in [0.717, 1.165) is 5.69 Å². The van der Waals surface area contributed by atoms with Crippen LogP contribution in [0.25, 0.3) is 5.95 Å². The van der Waals surface area contributed by atoms with E-state index in [9.17, 15) is 0 Å². The molecule has 0 unspecified atom stereocenters. The molecule has 0 radical (unpaired) electrons. The van der Waals surface area contributed by atoms with Crippen LogP contribution in [0.5, 0.6) is 0 Å². The summed E-state index contributed by atoms with van der Waals surface area (Å²) in [7, 11) is 0. The first-order chi connectivity index (χ1) is 10.3. The van der Waals surface area contributed by atoms with Gasteiger partial charge in [0, 0.05) is 18.6 Å². The van der Waals surface area contributed by atoms with Crippen LogP contribution in [0.4, 0.5) is 11.9 Å². The molecule has 0 saturated heterocycles. The molecule has 106 valence electrons. The van der Waals surface area contributed by atoms with Crippen molar-refractivity contribution in [1.82, 2.24) is 34.7 Å². The van der Waals surface area contributed by atoms with Crippen molar-refractivity contribution in [2.45, 2.75) is 6.54 Å². The highest BCUT2D eigenvalue weighted by molar-refractivity contribution is 5.37. The predicted octanol–water partition coefficient (Wildman–Crippen LogP) is -0.255. The lowest BCUT2D eigenvalue weighted by molar-refractivity contribution is 0.873. The van der Waals surface area contributed by atoms with Gasteiger partial charge in [0.05, 0.1) is 12.2 Å². The molecule has 21 heavy (non-hydrogen) atoms. The fourth-order valence-electron chi connectivity index (χ4n) is 1.60. The summed E-state index contributed by atoms with van der Waals surface area (Å²) in [6, 6.07) is 3.65. The molecule has 0 aliphatic carbocycles. The molecule has 4 N–H and O–H groups in total. The maximum atomic E-state index is 5.37. The molecule has 3 aromatic rings. The van der Waals surface area contributed by atoms with E-state index in [2.05, 4.69) is 40.9 Å². The zero-order valence-corrected chi connectivity index (χ0v) is 10.9. The van der Waals surface area contributed by atoms with Gasteiger partial charge in [-0.2, -0.15) is 25.1 Å². The van der Waals surface area contributed by atoms with E-state index < -0.39 is 0 Å². The van der Waals surface area contributed by atoms with Crippen molar-refractivity contribution in [2.24, 2.45) is 5.84 Å². The first kappa shape index (κ1) is 12.9. The van der Waals surface area contributed by atoms with Crippen LogP contribution < -0.4 is 16.6 Å². The van der Waals surface area contributed by atoms with E-state index in [1.807, 2.05) is 6.07 Å². The number of hydrogen-bond acceptors (Lipinski definition) is 9. The summed E-state index contributed by atoms with van der Waals surface area (Å²) in [6.45, 7) is 0.436. The number of aromatic nitrogens is 7. The number of anilines is 2. The van der Waals surface area contributed by atoms with Crippen molar-refractivity contribution in [3.8, 4) is 5.95 Å². The average Bonchev–Trinajstić information content (AvgIpc) is 3.08. The second-order valence-electron chi connectivity index (χ2n) is 3.97. The van der Waals surface area contributed by atoms with E-state index in [-0.39, 0.29) is 5.95 Å². The monoisotopic (exact) mass is 284 g/mol. The number of nitrogens with two attached hydrogens (primary N) is 1. The molecule has 0 amide bonds. The van der Waals surface area contributed by atoms with Gasteiger partial charge in [0.2, 0.25) is 17.8 Å². The minimum Gasteiger partial charge on any atom is -0.348 e. The number of nitrogens with zero attached hydrogens (tertiary/aromatic N) is 7. The van der Waals surface area contributed by atoms with Crippen LogP contribution in [-0.4, -0.2) is 34.7 Å². The maximum absolute atomic E-state index is 5.37. The molecule has 10 nitrogen and oxygen atoms in total.